The van der Waals surface area contributed by atoms with E-state index in [9.17, 15) is 9.59 Å². The summed E-state index contributed by atoms with van der Waals surface area (Å²) in [4.78, 5) is 23.8. The molecule has 0 fully saturated rings. The van der Waals surface area contributed by atoms with Crippen molar-refractivity contribution >= 4 is 33.4 Å². The van der Waals surface area contributed by atoms with E-state index in [4.69, 9.17) is 5.73 Å². The number of fused-ring (bicyclic) bond motifs is 1. The number of nitrogens with zero attached hydrogens (tertiary/aromatic N) is 1. The minimum absolute atomic E-state index is 0.0481. The van der Waals surface area contributed by atoms with Gasteiger partial charge in [0.2, 0.25) is 11.8 Å². The van der Waals surface area contributed by atoms with Gasteiger partial charge in [-0.25, -0.2) is 0 Å². The summed E-state index contributed by atoms with van der Waals surface area (Å²) in [6.07, 6.45) is 0.335. The Kier molecular flexibility index (Phi) is 2.48. The fourth-order valence-electron chi connectivity index (χ4n) is 1.68. The molecule has 0 aromatic heterocycles. The average molecular weight is 269 g/mol. The molecule has 1 aromatic rings. The second-order valence-electron chi connectivity index (χ2n) is 3.40. The molecule has 5 heteroatoms. The van der Waals surface area contributed by atoms with Gasteiger partial charge in [-0.15, -0.1) is 0 Å². The third-order valence-electron chi connectivity index (χ3n) is 2.29. The first-order valence-electron chi connectivity index (χ1n) is 4.45. The average Bonchev–Trinajstić information content (AvgIpc) is 2.41. The molecule has 2 N–H and O–H groups in total. The molecule has 0 saturated carbocycles. The molecule has 0 spiro atoms. The zero-order valence-corrected chi connectivity index (χ0v) is 9.45. The first-order valence-corrected chi connectivity index (χ1v) is 5.24. The van der Waals surface area contributed by atoms with E-state index in [1.807, 2.05) is 18.2 Å². The summed E-state index contributed by atoms with van der Waals surface area (Å²) in [5, 5.41) is 0. The summed E-state index contributed by atoms with van der Waals surface area (Å²) in [5.41, 5.74) is 6.79. The van der Waals surface area contributed by atoms with E-state index in [1.165, 1.54) is 4.90 Å². The fourth-order valence-corrected chi connectivity index (χ4v) is 2.09. The topological polar surface area (TPSA) is 63.4 Å². The van der Waals surface area contributed by atoms with Crippen LogP contribution in [-0.4, -0.2) is 18.4 Å². The number of anilines is 1. The van der Waals surface area contributed by atoms with Crippen molar-refractivity contribution in [2.45, 2.75) is 6.42 Å². The van der Waals surface area contributed by atoms with Gasteiger partial charge in [0.25, 0.3) is 0 Å². The van der Waals surface area contributed by atoms with Gasteiger partial charge in [0.15, 0.2) is 0 Å². The predicted molar refractivity (Wildman–Crippen MR) is 59.4 cm³/mol. The Morgan fingerprint density at radius 1 is 1.53 bits per heavy atom. The van der Waals surface area contributed by atoms with E-state index in [0.29, 0.717) is 6.42 Å². The largest absolute Gasteiger partial charge is 0.368 e. The summed E-state index contributed by atoms with van der Waals surface area (Å²) >= 11 is 3.33. The summed E-state index contributed by atoms with van der Waals surface area (Å²) in [7, 11) is 0. The maximum atomic E-state index is 11.6. The smallest absolute Gasteiger partial charge is 0.237 e. The monoisotopic (exact) mass is 268 g/mol. The van der Waals surface area contributed by atoms with Gasteiger partial charge in [-0.05, 0) is 23.8 Å². The van der Waals surface area contributed by atoms with Crippen LogP contribution in [-0.2, 0) is 16.0 Å². The number of primary amides is 1. The van der Waals surface area contributed by atoms with Crippen molar-refractivity contribution < 1.29 is 9.59 Å². The molecule has 0 radical (unpaired) electrons. The zero-order chi connectivity index (χ0) is 11.0. The summed E-state index contributed by atoms with van der Waals surface area (Å²) in [5.74, 6) is -0.582. The van der Waals surface area contributed by atoms with Gasteiger partial charge < -0.3 is 10.6 Å². The zero-order valence-electron chi connectivity index (χ0n) is 7.87. The van der Waals surface area contributed by atoms with Gasteiger partial charge in [0.05, 0.1) is 6.42 Å². The van der Waals surface area contributed by atoms with Crippen molar-refractivity contribution in [3.05, 3.63) is 28.2 Å². The van der Waals surface area contributed by atoms with E-state index < -0.39 is 5.91 Å². The highest BCUT2D eigenvalue weighted by Crippen LogP contribution is 2.30. The van der Waals surface area contributed by atoms with Crippen LogP contribution >= 0.6 is 15.9 Å². The Morgan fingerprint density at radius 3 is 2.93 bits per heavy atom. The molecule has 1 heterocycles. The van der Waals surface area contributed by atoms with E-state index in [2.05, 4.69) is 15.9 Å². The molecule has 1 aliphatic heterocycles. The number of amides is 2. The Morgan fingerprint density at radius 2 is 2.27 bits per heavy atom. The van der Waals surface area contributed by atoms with Crippen molar-refractivity contribution in [1.29, 1.82) is 0 Å². The molecule has 0 unspecified atom stereocenters. The molecular weight excluding hydrogens is 260 g/mol. The summed E-state index contributed by atoms with van der Waals surface area (Å²) in [6.45, 7) is -0.0481. The Balaban J connectivity index is 2.37. The SMILES string of the molecule is NC(=O)CN1C(=O)Cc2cc(Br)ccc21. The Bertz CT molecular complexity index is 445. The molecule has 15 heavy (non-hydrogen) atoms. The van der Waals surface area contributed by atoms with Gasteiger partial charge in [0, 0.05) is 10.2 Å². The number of carbonyl (C=O) groups excluding carboxylic acids is 2. The van der Waals surface area contributed by atoms with Gasteiger partial charge >= 0.3 is 0 Å². The first kappa shape index (κ1) is 10.2. The van der Waals surface area contributed by atoms with Gasteiger partial charge in [-0.2, -0.15) is 0 Å². The van der Waals surface area contributed by atoms with Crippen molar-refractivity contribution in [2.75, 3.05) is 11.4 Å². The molecule has 1 aromatic carbocycles. The normalized spacial score (nSPS) is 14.2. The molecule has 2 rings (SSSR count). The lowest BCUT2D eigenvalue weighted by atomic mass is 10.2. The van der Waals surface area contributed by atoms with Gasteiger partial charge in [-0.3, -0.25) is 9.59 Å². The molecule has 2 amide bonds. The Hall–Kier alpha value is -1.36. The van der Waals surface area contributed by atoms with Crippen molar-refractivity contribution in [1.82, 2.24) is 0 Å². The number of rotatable bonds is 2. The number of hydrogen-bond acceptors (Lipinski definition) is 2. The van der Waals surface area contributed by atoms with Crippen LogP contribution in [0.2, 0.25) is 0 Å². The third kappa shape index (κ3) is 1.87. The lowest BCUT2D eigenvalue weighted by Crippen LogP contribution is -2.35. The van der Waals surface area contributed by atoms with Crippen LogP contribution in [0.25, 0.3) is 0 Å². The molecule has 0 saturated heterocycles. The van der Waals surface area contributed by atoms with Crippen molar-refractivity contribution in [2.24, 2.45) is 5.73 Å². The van der Waals surface area contributed by atoms with Crippen LogP contribution in [0.5, 0.6) is 0 Å². The van der Waals surface area contributed by atoms with Gasteiger partial charge in [-0.1, -0.05) is 15.9 Å². The van der Waals surface area contributed by atoms with Crippen LogP contribution in [0, 0.1) is 0 Å². The van der Waals surface area contributed by atoms with E-state index in [-0.39, 0.29) is 12.5 Å². The van der Waals surface area contributed by atoms with Crippen LogP contribution in [0.3, 0.4) is 0 Å². The minimum Gasteiger partial charge on any atom is -0.368 e. The van der Waals surface area contributed by atoms with E-state index in [1.54, 1.807) is 0 Å². The minimum atomic E-state index is -0.501. The second-order valence-corrected chi connectivity index (χ2v) is 4.31. The quantitative estimate of drug-likeness (QED) is 0.864. The molecule has 0 bridgehead atoms. The number of carbonyl (C=O) groups is 2. The predicted octanol–water partition coefficient (Wildman–Crippen LogP) is 0.824. The standard InChI is InChI=1S/C10H9BrN2O2/c11-7-1-2-8-6(3-7)4-10(15)13(8)5-9(12)14/h1-3H,4-5H2,(H2,12,14). The maximum Gasteiger partial charge on any atom is 0.237 e. The van der Waals surface area contributed by atoms with Crippen LogP contribution in [0.1, 0.15) is 5.56 Å². The van der Waals surface area contributed by atoms with Crippen molar-refractivity contribution in [3.8, 4) is 0 Å². The molecule has 78 valence electrons. The number of hydrogen-bond donors (Lipinski definition) is 1. The fraction of sp³-hybridized carbons (Fsp3) is 0.200. The highest BCUT2D eigenvalue weighted by Gasteiger charge is 2.27. The van der Waals surface area contributed by atoms with Crippen LogP contribution in [0.4, 0.5) is 5.69 Å². The van der Waals surface area contributed by atoms with E-state index >= 15 is 0 Å². The lowest BCUT2D eigenvalue weighted by molar-refractivity contribution is -0.121. The Labute approximate surface area is 95.2 Å². The van der Waals surface area contributed by atoms with Crippen LogP contribution in [0.15, 0.2) is 22.7 Å². The lowest BCUT2D eigenvalue weighted by Gasteiger charge is -2.14. The molecule has 0 atom stereocenters. The number of benzene rings is 1. The molecule has 1 aliphatic rings. The summed E-state index contributed by atoms with van der Waals surface area (Å²) < 4.78 is 0.926. The molecule has 0 aliphatic carbocycles. The number of halogens is 1. The van der Waals surface area contributed by atoms with E-state index in [0.717, 1.165) is 15.7 Å². The highest BCUT2D eigenvalue weighted by atomic mass is 79.9. The highest BCUT2D eigenvalue weighted by molar-refractivity contribution is 9.10. The summed E-state index contributed by atoms with van der Waals surface area (Å²) in [6, 6.07) is 5.53. The van der Waals surface area contributed by atoms with Crippen LogP contribution < -0.4 is 10.6 Å². The maximum absolute atomic E-state index is 11.6. The number of nitrogens with two attached hydrogens (primary N) is 1. The molecular formula is C10H9BrN2O2. The molecule has 4 nitrogen and oxygen atoms in total. The second kappa shape index (κ2) is 3.66. The first-order chi connectivity index (χ1) is 7.08. The van der Waals surface area contributed by atoms with Gasteiger partial charge in [0.1, 0.15) is 6.54 Å². The third-order valence-corrected chi connectivity index (χ3v) is 2.78. The van der Waals surface area contributed by atoms with Crippen molar-refractivity contribution in [3.63, 3.8) is 0 Å².